The molecule has 3 rings (SSSR count). The van der Waals surface area contributed by atoms with Gasteiger partial charge in [0.2, 0.25) is 0 Å². The predicted molar refractivity (Wildman–Crippen MR) is 67.7 cm³/mol. The van der Waals surface area contributed by atoms with Gasteiger partial charge in [0.05, 0.1) is 6.61 Å². The van der Waals surface area contributed by atoms with Crippen LogP contribution in [0, 0.1) is 0 Å². The van der Waals surface area contributed by atoms with Crippen LogP contribution in [0.4, 0.5) is 0 Å². The molecule has 16 heavy (non-hydrogen) atoms. The molecule has 1 fully saturated rings. The summed E-state index contributed by atoms with van der Waals surface area (Å²) >= 11 is 3.58. The normalized spacial score (nSPS) is 21.9. The summed E-state index contributed by atoms with van der Waals surface area (Å²) in [6.45, 7) is 0.800. The molecule has 2 aliphatic rings. The fourth-order valence-electron chi connectivity index (χ4n) is 2.91. The quantitative estimate of drug-likeness (QED) is 0.859. The Balaban J connectivity index is 2.13. The fourth-order valence-corrected chi connectivity index (χ4v) is 3.42. The topological polar surface area (TPSA) is 35.2 Å². The zero-order valence-corrected chi connectivity index (χ0v) is 10.8. The van der Waals surface area contributed by atoms with E-state index in [4.69, 9.17) is 10.5 Å². The zero-order valence-electron chi connectivity index (χ0n) is 9.26. The first kappa shape index (κ1) is 10.6. The van der Waals surface area contributed by atoms with Gasteiger partial charge in [0.1, 0.15) is 5.75 Å². The van der Waals surface area contributed by atoms with Crippen molar-refractivity contribution in [2.24, 2.45) is 5.73 Å². The summed E-state index contributed by atoms with van der Waals surface area (Å²) in [7, 11) is 0. The van der Waals surface area contributed by atoms with E-state index in [1.165, 1.54) is 24.0 Å². The standard InChI is InChI=1S/C13H16BrNO/c14-10-7-9-3-6-16-12(9)11(8-10)13(15)4-1-2-5-13/h7-8H,1-6,15H2. The largest absolute Gasteiger partial charge is 0.493 e. The molecule has 86 valence electrons. The molecule has 1 aromatic rings. The molecule has 0 unspecified atom stereocenters. The van der Waals surface area contributed by atoms with Crippen molar-refractivity contribution >= 4 is 15.9 Å². The molecular formula is C13H16BrNO. The van der Waals surface area contributed by atoms with Crippen LogP contribution in [0.1, 0.15) is 36.8 Å². The van der Waals surface area contributed by atoms with Crippen molar-refractivity contribution in [3.05, 3.63) is 27.7 Å². The lowest BCUT2D eigenvalue weighted by atomic mass is 9.87. The number of hydrogen-bond donors (Lipinski definition) is 1. The van der Waals surface area contributed by atoms with Gasteiger partial charge in [-0.15, -0.1) is 0 Å². The Hall–Kier alpha value is -0.540. The van der Waals surface area contributed by atoms with Crippen molar-refractivity contribution in [1.29, 1.82) is 0 Å². The van der Waals surface area contributed by atoms with Crippen LogP contribution in [-0.2, 0) is 12.0 Å². The molecule has 1 aliphatic heterocycles. The molecule has 2 N–H and O–H groups in total. The highest BCUT2D eigenvalue weighted by Crippen LogP contribution is 2.44. The summed E-state index contributed by atoms with van der Waals surface area (Å²) in [6.07, 6.45) is 5.64. The fraction of sp³-hybridized carbons (Fsp3) is 0.538. The van der Waals surface area contributed by atoms with Gasteiger partial charge in [-0.2, -0.15) is 0 Å². The first-order chi connectivity index (χ1) is 7.69. The van der Waals surface area contributed by atoms with E-state index in [0.29, 0.717) is 0 Å². The number of benzene rings is 1. The highest BCUT2D eigenvalue weighted by Gasteiger charge is 2.35. The summed E-state index contributed by atoms with van der Waals surface area (Å²) in [4.78, 5) is 0. The average molecular weight is 282 g/mol. The summed E-state index contributed by atoms with van der Waals surface area (Å²) in [5.74, 6) is 1.06. The lowest BCUT2D eigenvalue weighted by Gasteiger charge is -2.26. The summed E-state index contributed by atoms with van der Waals surface area (Å²) < 4.78 is 6.89. The third-order valence-electron chi connectivity index (χ3n) is 3.78. The minimum absolute atomic E-state index is 0.155. The Morgan fingerprint density at radius 3 is 2.75 bits per heavy atom. The van der Waals surface area contributed by atoms with Crippen LogP contribution < -0.4 is 10.5 Å². The Morgan fingerprint density at radius 2 is 2.00 bits per heavy atom. The maximum Gasteiger partial charge on any atom is 0.127 e. The van der Waals surface area contributed by atoms with E-state index in [9.17, 15) is 0 Å². The van der Waals surface area contributed by atoms with E-state index in [1.54, 1.807) is 0 Å². The Bertz CT molecular complexity index is 424. The summed E-state index contributed by atoms with van der Waals surface area (Å²) in [5.41, 5.74) is 8.89. The van der Waals surface area contributed by atoms with Gasteiger partial charge in [0, 0.05) is 22.0 Å². The molecule has 2 nitrogen and oxygen atoms in total. The molecule has 1 heterocycles. The summed E-state index contributed by atoms with van der Waals surface area (Å²) in [6, 6.07) is 4.31. The maximum atomic E-state index is 6.52. The van der Waals surface area contributed by atoms with Crippen molar-refractivity contribution in [3.8, 4) is 5.75 Å². The molecule has 1 aliphatic carbocycles. The molecule has 0 spiro atoms. The van der Waals surface area contributed by atoms with Gasteiger partial charge in [-0.1, -0.05) is 28.8 Å². The number of hydrogen-bond acceptors (Lipinski definition) is 2. The van der Waals surface area contributed by atoms with E-state index in [2.05, 4.69) is 28.1 Å². The monoisotopic (exact) mass is 281 g/mol. The second-order valence-corrected chi connectivity index (χ2v) is 5.82. The lowest BCUT2D eigenvalue weighted by Crippen LogP contribution is -2.33. The van der Waals surface area contributed by atoms with Crippen LogP contribution in [0.3, 0.4) is 0 Å². The van der Waals surface area contributed by atoms with Crippen molar-refractivity contribution in [2.45, 2.75) is 37.6 Å². The van der Waals surface area contributed by atoms with Gasteiger partial charge >= 0.3 is 0 Å². The van der Waals surface area contributed by atoms with Crippen molar-refractivity contribution in [3.63, 3.8) is 0 Å². The highest BCUT2D eigenvalue weighted by molar-refractivity contribution is 9.10. The van der Waals surface area contributed by atoms with Crippen LogP contribution in [-0.4, -0.2) is 6.61 Å². The molecule has 3 heteroatoms. The number of nitrogens with two attached hydrogens (primary N) is 1. The molecule has 0 amide bonds. The average Bonchev–Trinajstić information content (AvgIpc) is 2.85. The molecule has 1 saturated carbocycles. The number of halogens is 1. The van der Waals surface area contributed by atoms with Crippen LogP contribution in [0.15, 0.2) is 16.6 Å². The first-order valence-corrected chi connectivity index (χ1v) is 6.73. The van der Waals surface area contributed by atoms with E-state index in [1.807, 2.05) is 0 Å². The van der Waals surface area contributed by atoms with Crippen molar-refractivity contribution in [2.75, 3.05) is 6.61 Å². The third kappa shape index (κ3) is 1.57. The molecule has 0 aromatic heterocycles. The Kier molecular flexibility index (Phi) is 2.48. The minimum atomic E-state index is -0.155. The van der Waals surface area contributed by atoms with Crippen molar-refractivity contribution < 1.29 is 4.74 Å². The molecule has 1 aromatic carbocycles. The van der Waals surface area contributed by atoms with Gasteiger partial charge in [-0.3, -0.25) is 0 Å². The van der Waals surface area contributed by atoms with Crippen LogP contribution in [0.2, 0.25) is 0 Å². The predicted octanol–water partition coefficient (Wildman–Crippen LogP) is 3.11. The molecule has 0 radical (unpaired) electrons. The molecule has 0 atom stereocenters. The van der Waals surface area contributed by atoms with Crippen LogP contribution in [0.5, 0.6) is 5.75 Å². The van der Waals surface area contributed by atoms with Gasteiger partial charge < -0.3 is 10.5 Å². The highest BCUT2D eigenvalue weighted by atomic mass is 79.9. The van der Waals surface area contributed by atoms with E-state index < -0.39 is 0 Å². The lowest BCUT2D eigenvalue weighted by molar-refractivity contribution is 0.339. The second kappa shape index (κ2) is 3.74. The number of fused-ring (bicyclic) bond motifs is 1. The van der Waals surface area contributed by atoms with Crippen LogP contribution in [0.25, 0.3) is 0 Å². The smallest absolute Gasteiger partial charge is 0.127 e. The van der Waals surface area contributed by atoms with Gasteiger partial charge in [-0.25, -0.2) is 0 Å². The molecule has 0 bridgehead atoms. The third-order valence-corrected chi connectivity index (χ3v) is 4.24. The Morgan fingerprint density at radius 1 is 1.25 bits per heavy atom. The van der Waals surface area contributed by atoms with Gasteiger partial charge in [-0.05, 0) is 30.5 Å². The van der Waals surface area contributed by atoms with Crippen LogP contribution >= 0.6 is 15.9 Å². The Labute approximate surface area is 104 Å². The zero-order chi connectivity index (χ0) is 11.2. The number of rotatable bonds is 1. The summed E-state index contributed by atoms with van der Waals surface area (Å²) in [5, 5.41) is 0. The minimum Gasteiger partial charge on any atom is -0.493 e. The second-order valence-electron chi connectivity index (χ2n) is 4.90. The molecule has 0 saturated heterocycles. The van der Waals surface area contributed by atoms with E-state index >= 15 is 0 Å². The van der Waals surface area contributed by atoms with E-state index in [-0.39, 0.29) is 5.54 Å². The first-order valence-electron chi connectivity index (χ1n) is 5.94. The van der Waals surface area contributed by atoms with Crippen molar-refractivity contribution in [1.82, 2.24) is 0 Å². The SMILES string of the molecule is NC1(c2cc(Br)cc3c2OCC3)CCCC1. The van der Waals surface area contributed by atoms with E-state index in [0.717, 1.165) is 36.1 Å². The molecular weight excluding hydrogens is 266 g/mol. The maximum absolute atomic E-state index is 6.52. The van der Waals surface area contributed by atoms with Gasteiger partial charge in [0.15, 0.2) is 0 Å². The number of ether oxygens (including phenoxy) is 1. The van der Waals surface area contributed by atoms with Gasteiger partial charge in [0.25, 0.3) is 0 Å².